The number of benzene rings is 2. The van der Waals surface area contributed by atoms with E-state index < -0.39 is 10.0 Å². The molecule has 1 N–H and O–H groups in total. The molecule has 0 saturated carbocycles. The number of anilines is 1. The highest BCUT2D eigenvalue weighted by Crippen LogP contribution is 2.26. The molecule has 0 bridgehead atoms. The third-order valence-corrected chi connectivity index (χ3v) is 6.96. The quantitative estimate of drug-likeness (QED) is 0.593. The standard InChI is InChI=1S/C21H22N2O4S2/c1-16-5-11-20(12-6-16)29(25,26)23(17-7-9-18(27-2)10-8-17)15-21(24)22-14-19-4-3-13-28-19/h3-13H,14-15H2,1-2H3,(H,22,24). The van der Waals surface area contributed by atoms with Gasteiger partial charge >= 0.3 is 0 Å². The number of carbonyl (C=O) groups excluding carboxylic acids is 1. The van der Waals surface area contributed by atoms with E-state index in [4.69, 9.17) is 4.74 Å². The van der Waals surface area contributed by atoms with Gasteiger partial charge in [-0.15, -0.1) is 11.3 Å². The molecule has 3 aromatic rings. The molecule has 1 heterocycles. The monoisotopic (exact) mass is 430 g/mol. The van der Waals surface area contributed by atoms with Gasteiger partial charge in [-0.2, -0.15) is 0 Å². The van der Waals surface area contributed by atoms with Gasteiger partial charge in [0.05, 0.1) is 24.2 Å². The van der Waals surface area contributed by atoms with E-state index in [0.29, 0.717) is 18.0 Å². The van der Waals surface area contributed by atoms with Crippen molar-refractivity contribution in [1.29, 1.82) is 0 Å². The van der Waals surface area contributed by atoms with Crippen LogP contribution < -0.4 is 14.4 Å². The Kier molecular flexibility index (Phi) is 6.56. The van der Waals surface area contributed by atoms with E-state index in [-0.39, 0.29) is 17.3 Å². The zero-order chi connectivity index (χ0) is 20.9. The first kappa shape index (κ1) is 20.9. The maximum Gasteiger partial charge on any atom is 0.264 e. The van der Waals surface area contributed by atoms with E-state index in [1.54, 1.807) is 48.5 Å². The highest BCUT2D eigenvalue weighted by atomic mass is 32.2. The van der Waals surface area contributed by atoms with Crippen molar-refractivity contribution in [2.45, 2.75) is 18.4 Å². The van der Waals surface area contributed by atoms with Crippen molar-refractivity contribution in [3.05, 3.63) is 76.5 Å². The maximum absolute atomic E-state index is 13.3. The number of ether oxygens (including phenoxy) is 1. The van der Waals surface area contributed by atoms with E-state index in [0.717, 1.165) is 14.7 Å². The number of nitrogens with zero attached hydrogens (tertiary/aromatic N) is 1. The Morgan fingerprint density at radius 2 is 1.76 bits per heavy atom. The average molecular weight is 431 g/mol. The topological polar surface area (TPSA) is 75.7 Å². The van der Waals surface area contributed by atoms with Crippen LogP contribution in [-0.2, 0) is 21.4 Å². The Labute approximate surface area is 174 Å². The first-order valence-electron chi connectivity index (χ1n) is 8.92. The van der Waals surface area contributed by atoms with Crippen molar-refractivity contribution in [1.82, 2.24) is 5.32 Å². The lowest BCUT2D eigenvalue weighted by atomic mass is 10.2. The Hall–Kier alpha value is -2.84. The van der Waals surface area contributed by atoms with Gasteiger partial charge in [0.1, 0.15) is 12.3 Å². The molecule has 0 spiro atoms. The second kappa shape index (κ2) is 9.11. The molecule has 8 heteroatoms. The maximum atomic E-state index is 13.3. The summed E-state index contributed by atoms with van der Waals surface area (Å²) in [6.45, 7) is 1.92. The lowest BCUT2D eigenvalue weighted by Crippen LogP contribution is -2.40. The minimum atomic E-state index is -3.92. The Bertz CT molecular complexity index is 1050. The van der Waals surface area contributed by atoms with Gasteiger partial charge in [-0.25, -0.2) is 8.42 Å². The second-order valence-electron chi connectivity index (χ2n) is 6.38. The number of nitrogens with one attached hydrogen (secondary N) is 1. The van der Waals surface area contributed by atoms with E-state index in [9.17, 15) is 13.2 Å². The highest BCUT2D eigenvalue weighted by molar-refractivity contribution is 7.92. The van der Waals surface area contributed by atoms with E-state index in [2.05, 4.69) is 5.32 Å². The van der Waals surface area contributed by atoms with Crippen molar-refractivity contribution >= 4 is 33.0 Å². The minimum absolute atomic E-state index is 0.130. The lowest BCUT2D eigenvalue weighted by Gasteiger charge is -2.24. The van der Waals surface area contributed by atoms with Crippen molar-refractivity contribution in [2.75, 3.05) is 18.0 Å². The normalized spacial score (nSPS) is 11.1. The largest absolute Gasteiger partial charge is 0.497 e. The molecular formula is C21H22N2O4S2. The van der Waals surface area contributed by atoms with Gasteiger partial charge in [0.25, 0.3) is 10.0 Å². The molecule has 2 aromatic carbocycles. The summed E-state index contributed by atoms with van der Waals surface area (Å²) in [5.41, 5.74) is 1.34. The van der Waals surface area contributed by atoms with Gasteiger partial charge in [0.2, 0.25) is 5.91 Å². The molecule has 1 amide bonds. The van der Waals surface area contributed by atoms with E-state index in [1.165, 1.54) is 18.4 Å². The SMILES string of the molecule is COc1ccc(N(CC(=O)NCc2cccs2)S(=O)(=O)c2ccc(C)cc2)cc1. The van der Waals surface area contributed by atoms with Crippen molar-refractivity contribution in [3.63, 3.8) is 0 Å². The number of hydrogen-bond acceptors (Lipinski definition) is 5. The molecule has 0 radical (unpaired) electrons. The number of sulfonamides is 1. The summed E-state index contributed by atoms with van der Waals surface area (Å²) in [7, 11) is -2.39. The third kappa shape index (κ3) is 5.16. The highest BCUT2D eigenvalue weighted by Gasteiger charge is 2.27. The fourth-order valence-electron chi connectivity index (χ4n) is 2.69. The summed E-state index contributed by atoms with van der Waals surface area (Å²) >= 11 is 1.53. The van der Waals surface area contributed by atoms with Crippen LogP contribution in [-0.4, -0.2) is 28.0 Å². The first-order valence-corrected chi connectivity index (χ1v) is 11.2. The number of aryl methyl sites for hydroxylation is 1. The summed E-state index contributed by atoms with van der Waals surface area (Å²) in [6, 6.07) is 16.9. The number of methoxy groups -OCH3 is 1. The van der Waals surface area contributed by atoms with Crippen LogP contribution in [0, 0.1) is 6.92 Å². The molecular weight excluding hydrogens is 408 g/mol. The van der Waals surface area contributed by atoms with Crippen molar-refractivity contribution < 1.29 is 17.9 Å². The van der Waals surface area contributed by atoms with Crippen LogP contribution in [0.15, 0.2) is 70.9 Å². The predicted molar refractivity (Wildman–Crippen MR) is 115 cm³/mol. The summed E-state index contributed by atoms with van der Waals surface area (Å²) in [5, 5.41) is 4.70. The lowest BCUT2D eigenvalue weighted by molar-refractivity contribution is -0.119. The average Bonchev–Trinajstić information content (AvgIpc) is 3.24. The summed E-state index contributed by atoms with van der Waals surface area (Å²) in [4.78, 5) is 13.7. The van der Waals surface area contributed by atoms with Crippen molar-refractivity contribution in [2.24, 2.45) is 0 Å². The molecule has 0 aliphatic rings. The van der Waals surface area contributed by atoms with Crippen LogP contribution in [0.25, 0.3) is 0 Å². The molecule has 3 rings (SSSR count). The predicted octanol–water partition coefficient (Wildman–Crippen LogP) is 3.58. The number of rotatable bonds is 8. The van der Waals surface area contributed by atoms with Gasteiger partial charge in [0, 0.05) is 4.88 Å². The molecule has 6 nitrogen and oxygen atoms in total. The van der Waals surface area contributed by atoms with E-state index >= 15 is 0 Å². The van der Waals surface area contributed by atoms with Gasteiger partial charge in [-0.3, -0.25) is 9.10 Å². The molecule has 0 unspecified atom stereocenters. The fourth-order valence-corrected chi connectivity index (χ4v) is 4.75. The Morgan fingerprint density at radius 3 is 2.34 bits per heavy atom. The van der Waals surface area contributed by atoms with Crippen molar-refractivity contribution in [3.8, 4) is 5.75 Å². The third-order valence-electron chi connectivity index (χ3n) is 4.30. The van der Waals surface area contributed by atoms with Gasteiger partial charge < -0.3 is 10.1 Å². The van der Waals surface area contributed by atoms with Gasteiger partial charge in [-0.05, 0) is 54.8 Å². The van der Waals surface area contributed by atoms with Crippen LogP contribution in [0.5, 0.6) is 5.75 Å². The molecule has 0 aliphatic heterocycles. The molecule has 0 aliphatic carbocycles. The molecule has 1 aromatic heterocycles. The summed E-state index contributed by atoms with van der Waals surface area (Å²) < 4.78 is 32.8. The number of hydrogen-bond donors (Lipinski definition) is 1. The zero-order valence-corrected chi connectivity index (χ0v) is 17.8. The molecule has 0 atom stereocenters. The molecule has 0 fully saturated rings. The molecule has 0 saturated heterocycles. The summed E-state index contributed by atoms with van der Waals surface area (Å²) in [6.07, 6.45) is 0. The Morgan fingerprint density at radius 1 is 1.07 bits per heavy atom. The van der Waals surface area contributed by atoms with Gasteiger partial charge in [-0.1, -0.05) is 23.8 Å². The number of carbonyl (C=O) groups is 1. The number of thiophene rings is 1. The minimum Gasteiger partial charge on any atom is -0.497 e. The zero-order valence-electron chi connectivity index (χ0n) is 16.2. The summed E-state index contributed by atoms with van der Waals surface area (Å²) in [5.74, 6) is 0.216. The van der Waals surface area contributed by atoms with Crippen LogP contribution in [0.1, 0.15) is 10.4 Å². The Balaban J connectivity index is 1.88. The fraction of sp³-hybridized carbons (Fsp3) is 0.190. The van der Waals surface area contributed by atoms with E-state index in [1.807, 2.05) is 24.4 Å². The van der Waals surface area contributed by atoms with Crippen LogP contribution >= 0.6 is 11.3 Å². The smallest absolute Gasteiger partial charge is 0.264 e. The van der Waals surface area contributed by atoms with Crippen LogP contribution in [0.2, 0.25) is 0 Å². The van der Waals surface area contributed by atoms with Crippen LogP contribution in [0.4, 0.5) is 5.69 Å². The molecule has 29 heavy (non-hydrogen) atoms. The first-order chi connectivity index (χ1) is 13.9. The number of amides is 1. The molecule has 152 valence electrons. The van der Waals surface area contributed by atoms with Gasteiger partial charge in [0.15, 0.2) is 0 Å². The second-order valence-corrected chi connectivity index (χ2v) is 9.27. The van der Waals surface area contributed by atoms with Crippen LogP contribution in [0.3, 0.4) is 0 Å².